The van der Waals surface area contributed by atoms with Gasteiger partial charge in [0.25, 0.3) is 11.8 Å². The minimum absolute atomic E-state index is 0.271. The number of carbonyl (C=O) groups excluding carboxylic acids is 2. The fourth-order valence-electron chi connectivity index (χ4n) is 3.91. The normalized spacial score (nSPS) is 11.2. The van der Waals surface area contributed by atoms with Gasteiger partial charge in [-0.1, -0.05) is 71.7 Å². The van der Waals surface area contributed by atoms with Gasteiger partial charge in [-0.25, -0.2) is 5.43 Å². The van der Waals surface area contributed by atoms with Gasteiger partial charge in [0.05, 0.1) is 17.5 Å². The first-order valence-corrected chi connectivity index (χ1v) is 13.5. The van der Waals surface area contributed by atoms with Crippen molar-refractivity contribution in [2.45, 2.75) is 40.0 Å². The molecule has 3 rings (SSSR count). The summed E-state index contributed by atoms with van der Waals surface area (Å²) in [6.45, 7) is 9.68. The minimum atomic E-state index is -0.417. The highest BCUT2D eigenvalue weighted by atomic mass is 79.9. The molecule has 0 saturated heterocycles. The number of rotatable bonds is 12. The molecule has 0 saturated carbocycles. The summed E-state index contributed by atoms with van der Waals surface area (Å²) < 4.78 is 0.725. The monoisotopic (exact) mass is 562 g/mol. The Morgan fingerprint density at radius 1 is 0.919 bits per heavy atom. The second-order valence-corrected chi connectivity index (χ2v) is 9.85. The van der Waals surface area contributed by atoms with Crippen LogP contribution in [0.3, 0.4) is 0 Å². The van der Waals surface area contributed by atoms with Crippen molar-refractivity contribution in [3.05, 3.63) is 99.0 Å². The summed E-state index contributed by atoms with van der Waals surface area (Å²) in [7, 11) is 0. The van der Waals surface area contributed by atoms with Crippen molar-refractivity contribution in [3.63, 3.8) is 0 Å². The quantitative estimate of drug-likeness (QED) is 0.151. The molecule has 0 aliphatic heterocycles. The molecular formula is C30H35BrN4O2. The van der Waals surface area contributed by atoms with Gasteiger partial charge >= 0.3 is 0 Å². The first-order chi connectivity index (χ1) is 17.9. The number of hydrogen-bond acceptors (Lipinski definition) is 4. The maximum Gasteiger partial charge on any atom is 0.273 e. The summed E-state index contributed by atoms with van der Waals surface area (Å²) in [4.78, 5) is 28.2. The van der Waals surface area contributed by atoms with E-state index in [1.165, 1.54) is 5.56 Å². The smallest absolute Gasteiger partial charge is 0.273 e. The lowest BCUT2D eigenvalue weighted by Crippen LogP contribution is -2.23. The van der Waals surface area contributed by atoms with Gasteiger partial charge in [0.2, 0.25) is 0 Å². The largest absolute Gasteiger partial charge is 0.321 e. The molecule has 7 heteroatoms. The molecule has 0 heterocycles. The van der Waals surface area contributed by atoms with E-state index in [4.69, 9.17) is 0 Å². The maximum atomic E-state index is 12.9. The van der Waals surface area contributed by atoms with Crippen LogP contribution >= 0.6 is 15.9 Å². The van der Waals surface area contributed by atoms with Crippen LogP contribution in [0.5, 0.6) is 0 Å². The lowest BCUT2D eigenvalue weighted by atomic mass is 10.1. The SMILES string of the molecule is CCN(CC)CCCCc1ccc(C(=O)Nc2ccc(Br)cc2C(=O)N/N=C/c2ccc(C)cc2)cc1. The van der Waals surface area contributed by atoms with Crippen LogP contribution in [0.1, 0.15) is 64.1 Å². The predicted octanol–water partition coefficient (Wildman–Crippen LogP) is 6.44. The molecule has 0 radical (unpaired) electrons. The summed E-state index contributed by atoms with van der Waals surface area (Å²) in [6, 6.07) is 20.6. The summed E-state index contributed by atoms with van der Waals surface area (Å²) in [6.07, 6.45) is 4.85. The Labute approximate surface area is 228 Å². The minimum Gasteiger partial charge on any atom is -0.321 e. The van der Waals surface area contributed by atoms with Gasteiger partial charge < -0.3 is 10.2 Å². The highest BCUT2D eigenvalue weighted by Gasteiger charge is 2.15. The molecule has 194 valence electrons. The first kappa shape index (κ1) is 28.3. The number of aryl methyl sites for hydroxylation is 2. The van der Waals surface area contributed by atoms with Gasteiger partial charge in [-0.05, 0) is 87.3 Å². The fourth-order valence-corrected chi connectivity index (χ4v) is 4.27. The molecule has 0 fully saturated rings. The molecule has 2 amide bonds. The third kappa shape index (κ3) is 8.95. The van der Waals surface area contributed by atoms with Gasteiger partial charge in [-0.15, -0.1) is 0 Å². The van der Waals surface area contributed by atoms with Crippen molar-refractivity contribution in [1.29, 1.82) is 0 Å². The van der Waals surface area contributed by atoms with E-state index in [-0.39, 0.29) is 5.91 Å². The van der Waals surface area contributed by atoms with E-state index >= 15 is 0 Å². The number of benzene rings is 3. The molecule has 0 bridgehead atoms. The number of unbranched alkanes of at least 4 members (excludes halogenated alkanes) is 1. The fraction of sp³-hybridized carbons (Fsp3) is 0.300. The Bertz CT molecular complexity index is 1200. The van der Waals surface area contributed by atoms with Crippen LogP contribution in [-0.2, 0) is 6.42 Å². The molecule has 37 heavy (non-hydrogen) atoms. The van der Waals surface area contributed by atoms with Crippen molar-refractivity contribution in [1.82, 2.24) is 10.3 Å². The predicted molar refractivity (Wildman–Crippen MR) is 156 cm³/mol. The van der Waals surface area contributed by atoms with Gasteiger partial charge in [0.1, 0.15) is 0 Å². The number of hydrogen-bond donors (Lipinski definition) is 2. The highest BCUT2D eigenvalue weighted by molar-refractivity contribution is 9.10. The van der Waals surface area contributed by atoms with Crippen molar-refractivity contribution < 1.29 is 9.59 Å². The Balaban J connectivity index is 1.59. The first-order valence-electron chi connectivity index (χ1n) is 12.7. The summed E-state index contributed by atoms with van der Waals surface area (Å²) >= 11 is 3.40. The summed E-state index contributed by atoms with van der Waals surface area (Å²) in [5.74, 6) is -0.687. The van der Waals surface area contributed by atoms with Gasteiger partial charge in [0.15, 0.2) is 0 Å². The van der Waals surface area contributed by atoms with Crippen LogP contribution in [0.4, 0.5) is 5.69 Å². The molecule has 0 spiro atoms. The Kier molecular flexibility index (Phi) is 11.0. The zero-order valence-corrected chi connectivity index (χ0v) is 23.3. The van der Waals surface area contributed by atoms with E-state index in [9.17, 15) is 9.59 Å². The zero-order chi connectivity index (χ0) is 26.6. The van der Waals surface area contributed by atoms with Crippen LogP contribution in [-0.4, -0.2) is 42.6 Å². The Hall–Kier alpha value is -3.29. The number of amides is 2. The molecule has 0 aliphatic carbocycles. The number of hydrazone groups is 1. The summed E-state index contributed by atoms with van der Waals surface area (Å²) in [5, 5.41) is 6.93. The second-order valence-electron chi connectivity index (χ2n) is 8.93. The molecular weight excluding hydrogens is 528 g/mol. The maximum absolute atomic E-state index is 12.9. The topological polar surface area (TPSA) is 73.8 Å². The zero-order valence-electron chi connectivity index (χ0n) is 21.8. The molecule has 0 unspecified atom stereocenters. The van der Waals surface area contributed by atoms with Gasteiger partial charge in [0, 0.05) is 10.0 Å². The van der Waals surface area contributed by atoms with Crippen molar-refractivity contribution in [2.75, 3.05) is 25.0 Å². The standard InChI is InChI=1S/C30H35BrN4O2/c1-4-35(5-2)19-7-6-8-23-13-15-25(16-14-23)29(36)33-28-18-17-26(31)20-27(28)30(37)34-32-21-24-11-9-22(3)10-12-24/h9-18,20-21H,4-8,19H2,1-3H3,(H,33,36)(H,34,37)/b32-21+. The van der Waals surface area contributed by atoms with E-state index in [1.807, 2.05) is 55.5 Å². The Morgan fingerprint density at radius 2 is 1.62 bits per heavy atom. The van der Waals surface area contributed by atoms with E-state index in [2.05, 4.69) is 50.5 Å². The average Bonchev–Trinajstić information content (AvgIpc) is 2.91. The second kappa shape index (κ2) is 14.4. The van der Waals surface area contributed by atoms with Crippen LogP contribution in [0.2, 0.25) is 0 Å². The van der Waals surface area contributed by atoms with Crippen molar-refractivity contribution in [2.24, 2.45) is 5.10 Å². The Morgan fingerprint density at radius 3 is 2.30 bits per heavy atom. The summed E-state index contributed by atoms with van der Waals surface area (Å²) in [5.41, 5.74) is 7.05. The van der Waals surface area contributed by atoms with E-state index in [0.29, 0.717) is 16.8 Å². The molecule has 3 aromatic carbocycles. The molecule has 0 aliphatic rings. The van der Waals surface area contributed by atoms with Gasteiger partial charge in [-0.2, -0.15) is 5.10 Å². The highest BCUT2D eigenvalue weighted by Crippen LogP contribution is 2.22. The number of nitrogens with zero attached hydrogens (tertiary/aromatic N) is 2. The van der Waals surface area contributed by atoms with Crippen molar-refractivity contribution >= 4 is 39.6 Å². The van der Waals surface area contributed by atoms with Crippen molar-refractivity contribution in [3.8, 4) is 0 Å². The van der Waals surface area contributed by atoms with Crippen LogP contribution < -0.4 is 10.7 Å². The van der Waals surface area contributed by atoms with E-state index in [1.54, 1.807) is 24.4 Å². The van der Waals surface area contributed by atoms with Crippen LogP contribution in [0.25, 0.3) is 0 Å². The van der Waals surface area contributed by atoms with Crippen LogP contribution in [0.15, 0.2) is 76.3 Å². The third-order valence-corrected chi connectivity index (χ3v) is 6.73. The lowest BCUT2D eigenvalue weighted by molar-refractivity contribution is 0.0956. The number of carbonyl (C=O) groups is 2. The van der Waals surface area contributed by atoms with Gasteiger partial charge in [-0.3, -0.25) is 9.59 Å². The van der Waals surface area contributed by atoms with Crippen LogP contribution in [0, 0.1) is 6.92 Å². The number of anilines is 1. The average molecular weight is 564 g/mol. The van der Waals surface area contributed by atoms with E-state index < -0.39 is 5.91 Å². The number of nitrogens with one attached hydrogen (secondary N) is 2. The third-order valence-electron chi connectivity index (χ3n) is 6.23. The molecule has 0 atom stereocenters. The molecule has 2 N–H and O–H groups in total. The van der Waals surface area contributed by atoms with E-state index in [0.717, 1.165) is 54.5 Å². The lowest BCUT2D eigenvalue weighted by Gasteiger charge is -2.17. The molecule has 0 aromatic heterocycles. The molecule has 3 aromatic rings. The number of halogens is 1. The molecule has 6 nitrogen and oxygen atoms in total.